The molecule has 6 nitrogen and oxygen atoms in total. The van der Waals surface area contributed by atoms with E-state index in [1.165, 1.54) is 13.2 Å². The maximum absolute atomic E-state index is 14.3. The average Bonchev–Trinajstić information content (AvgIpc) is 3.11. The molecule has 1 amide bonds. The van der Waals surface area contributed by atoms with E-state index in [2.05, 4.69) is 10.2 Å². The van der Waals surface area contributed by atoms with Gasteiger partial charge in [-0.3, -0.25) is 9.69 Å². The van der Waals surface area contributed by atoms with Crippen LogP contribution < -0.4 is 10.1 Å². The summed E-state index contributed by atoms with van der Waals surface area (Å²) in [5.74, 6) is -0.223. The summed E-state index contributed by atoms with van der Waals surface area (Å²) in [6.45, 7) is 4.31. The highest BCUT2D eigenvalue weighted by Gasteiger charge is 2.21. The normalized spacial score (nSPS) is 14.7. The number of hydrogen-bond acceptors (Lipinski definition) is 4. The first-order chi connectivity index (χ1) is 14.0. The Morgan fingerprint density at radius 1 is 1.24 bits per heavy atom. The summed E-state index contributed by atoms with van der Waals surface area (Å²) in [6.07, 6.45) is 1.96. The van der Waals surface area contributed by atoms with Crippen molar-refractivity contribution < 1.29 is 13.9 Å². The number of piperazine rings is 1. The van der Waals surface area contributed by atoms with Gasteiger partial charge < -0.3 is 10.1 Å². The van der Waals surface area contributed by atoms with E-state index in [0.29, 0.717) is 30.9 Å². The summed E-state index contributed by atoms with van der Waals surface area (Å²) in [5, 5.41) is 7.61. The topological polar surface area (TPSA) is 59.4 Å². The van der Waals surface area contributed by atoms with Gasteiger partial charge in [-0.05, 0) is 36.8 Å². The molecule has 1 aliphatic rings. The molecule has 0 bridgehead atoms. The van der Waals surface area contributed by atoms with Gasteiger partial charge in [-0.25, -0.2) is 9.07 Å². The summed E-state index contributed by atoms with van der Waals surface area (Å²) in [5.41, 5.74) is 4.36. The number of benzene rings is 2. The third kappa shape index (κ3) is 4.00. The lowest BCUT2D eigenvalue weighted by Crippen LogP contribution is -2.47. The lowest BCUT2D eigenvalue weighted by atomic mass is 10.1. The van der Waals surface area contributed by atoms with Gasteiger partial charge >= 0.3 is 0 Å². The van der Waals surface area contributed by atoms with Crippen LogP contribution in [0.3, 0.4) is 0 Å². The Balaban J connectivity index is 1.76. The first-order valence-corrected chi connectivity index (χ1v) is 9.52. The summed E-state index contributed by atoms with van der Waals surface area (Å²) in [7, 11) is 1.44. The number of hydrogen-bond donors (Lipinski definition) is 1. The molecule has 29 heavy (non-hydrogen) atoms. The van der Waals surface area contributed by atoms with Gasteiger partial charge in [-0.2, -0.15) is 5.10 Å². The zero-order valence-electron chi connectivity index (χ0n) is 16.5. The minimum absolute atomic E-state index is 0.0135. The SMILES string of the molecule is COc1ccc(-c2nn(-c3ccccc3C)cc2CN2CCNC(=O)C2)cc1F. The first kappa shape index (κ1) is 19.1. The molecule has 4 rings (SSSR count). The third-order valence-electron chi connectivity index (χ3n) is 5.09. The van der Waals surface area contributed by atoms with Crippen LogP contribution in [-0.2, 0) is 11.3 Å². The number of amides is 1. The monoisotopic (exact) mass is 394 g/mol. The summed E-state index contributed by atoms with van der Waals surface area (Å²) >= 11 is 0. The summed E-state index contributed by atoms with van der Waals surface area (Å²) in [6, 6.07) is 12.8. The lowest BCUT2D eigenvalue weighted by Gasteiger charge is -2.26. The number of halogens is 1. The number of nitrogens with zero attached hydrogens (tertiary/aromatic N) is 3. The van der Waals surface area contributed by atoms with Gasteiger partial charge in [0, 0.05) is 37.0 Å². The molecule has 1 aliphatic heterocycles. The molecule has 2 heterocycles. The average molecular weight is 394 g/mol. The van der Waals surface area contributed by atoms with Gasteiger partial charge in [-0.1, -0.05) is 18.2 Å². The Morgan fingerprint density at radius 2 is 2.07 bits per heavy atom. The number of aryl methyl sites for hydroxylation is 1. The summed E-state index contributed by atoms with van der Waals surface area (Å²) in [4.78, 5) is 13.8. The van der Waals surface area contributed by atoms with Crippen molar-refractivity contribution in [3.8, 4) is 22.7 Å². The van der Waals surface area contributed by atoms with E-state index in [1.54, 1.807) is 12.1 Å². The number of para-hydroxylation sites is 1. The van der Waals surface area contributed by atoms with E-state index in [9.17, 15) is 9.18 Å². The molecule has 0 aliphatic carbocycles. The fourth-order valence-corrected chi connectivity index (χ4v) is 3.59. The second kappa shape index (κ2) is 8.05. The number of carbonyl (C=O) groups excluding carboxylic acids is 1. The predicted molar refractivity (Wildman–Crippen MR) is 109 cm³/mol. The van der Waals surface area contributed by atoms with E-state index in [0.717, 1.165) is 23.4 Å². The Kier molecular flexibility index (Phi) is 5.31. The van der Waals surface area contributed by atoms with E-state index in [-0.39, 0.29) is 11.7 Å². The molecule has 0 radical (unpaired) electrons. The van der Waals surface area contributed by atoms with Crippen LogP contribution in [0.2, 0.25) is 0 Å². The Labute approximate surface area is 168 Å². The van der Waals surface area contributed by atoms with Crippen LogP contribution in [-0.4, -0.2) is 47.3 Å². The van der Waals surface area contributed by atoms with E-state index in [1.807, 2.05) is 42.1 Å². The number of rotatable bonds is 5. The molecule has 0 atom stereocenters. The standard InChI is InChI=1S/C22H23FN4O2/c1-15-5-3-4-6-19(15)27-13-17(12-26-10-9-24-21(28)14-26)22(25-27)16-7-8-20(29-2)18(23)11-16/h3-8,11,13H,9-10,12,14H2,1-2H3,(H,24,28). The number of nitrogens with one attached hydrogen (secondary N) is 1. The van der Waals surface area contributed by atoms with Crippen LogP contribution in [0.5, 0.6) is 5.75 Å². The fourth-order valence-electron chi connectivity index (χ4n) is 3.59. The molecule has 1 fully saturated rings. The maximum Gasteiger partial charge on any atom is 0.234 e. The minimum atomic E-state index is -0.432. The fraction of sp³-hybridized carbons (Fsp3) is 0.273. The predicted octanol–water partition coefficient (Wildman–Crippen LogP) is 2.93. The molecule has 1 saturated heterocycles. The molecule has 7 heteroatoms. The van der Waals surface area contributed by atoms with Gasteiger partial charge in [-0.15, -0.1) is 0 Å². The van der Waals surface area contributed by atoms with Crippen LogP contribution in [0.15, 0.2) is 48.7 Å². The lowest BCUT2D eigenvalue weighted by molar-refractivity contribution is -0.124. The van der Waals surface area contributed by atoms with Crippen molar-refractivity contribution >= 4 is 5.91 Å². The Hall–Kier alpha value is -3.19. The molecule has 0 spiro atoms. The van der Waals surface area contributed by atoms with Crippen molar-refractivity contribution in [2.24, 2.45) is 0 Å². The van der Waals surface area contributed by atoms with Crippen LogP contribution in [0.1, 0.15) is 11.1 Å². The zero-order chi connectivity index (χ0) is 20.4. The number of carbonyl (C=O) groups is 1. The summed E-state index contributed by atoms with van der Waals surface area (Å²) < 4.78 is 21.2. The second-order valence-electron chi connectivity index (χ2n) is 7.14. The molecular formula is C22H23FN4O2. The number of ether oxygens (including phenoxy) is 1. The minimum Gasteiger partial charge on any atom is -0.494 e. The van der Waals surface area contributed by atoms with Crippen LogP contribution in [0.25, 0.3) is 16.9 Å². The van der Waals surface area contributed by atoms with Crippen molar-refractivity contribution in [2.75, 3.05) is 26.7 Å². The second-order valence-corrected chi connectivity index (χ2v) is 7.14. The quantitative estimate of drug-likeness (QED) is 0.723. The van der Waals surface area contributed by atoms with Crippen molar-refractivity contribution in [3.63, 3.8) is 0 Å². The van der Waals surface area contributed by atoms with Gasteiger partial charge in [0.2, 0.25) is 5.91 Å². The molecule has 1 aromatic heterocycles. The van der Waals surface area contributed by atoms with Crippen molar-refractivity contribution in [3.05, 3.63) is 65.6 Å². The van der Waals surface area contributed by atoms with Crippen LogP contribution >= 0.6 is 0 Å². The molecule has 0 saturated carbocycles. The van der Waals surface area contributed by atoms with E-state index < -0.39 is 5.82 Å². The Morgan fingerprint density at radius 3 is 2.79 bits per heavy atom. The zero-order valence-corrected chi connectivity index (χ0v) is 16.5. The smallest absolute Gasteiger partial charge is 0.234 e. The van der Waals surface area contributed by atoms with Crippen molar-refractivity contribution in [2.45, 2.75) is 13.5 Å². The van der Waals surface area contributed by atoms with Gasteiger partial charge in [0.05, 0.1) is 25.0 Å². The highest BCUT2D eigenvalue weighted by atomic mass is 19.1. The van der Waals surface area contributed by atoms with E-state index in [4.69, 9.17) is 9.84 Å². The molecule has 1 N–H and O–H groups in total. The molecule has 0 unspecified atom stereocenters. The van der Waals surface area contributed by atoms with Crippen LogP contribution in [0.4, 0.5) is 4.39 Å². The maximum atomic E-state index is 14.3. The Bertz CT molecular complexity index is 1050. The van der Waals surface area contributed by atoms with E-state index >= 15 is 0 Å². The molecule has 2 aromatic carbocycles. The van der Waals surface area contributed by atoms with Gasteiger partial charge in [0.15, 0.2) is 11.6 Å². The molecular weight excluding hydrogens is 371 g/mol. The van der Waals surface area contributed by atoms with Gasteiger partial charge in [0.1, 0.15) is 0 Å². The first-order valence-electron chi connectivity index (χ1n) is 9.52. The highest BCUT2D eigenvalue weighted by molar-refractivity contribution is 5.78. The highest BCUT2D eigenvalue weighted by Crippen LogP contribution is 2.29. The molecule has 150 valence electrons. The third-order valence-corrected chi connectivity index (χ3v) is 5.09. The largest absolute Gasteiger partial charge is 0.494 e. The van der Waals surface area contributed by atoms with Crippen molar-refractivity contribution in [1.82, 2.24) is 20.0 Å². The van der Waals surface area contributed by atoms with Gasteiger partial charge in [0.25, 0.3) is 0 Å². The molecule has 3 aromatic rings. The number of aromatic nitrogens is 2. The number of methoxy groups -OCH3 is 1. The van der Waals surface area contributed by atoms with Crippen molar-refractivity contribution in [1.29, 1.82) is 0 Å². The van der Waals surface area contributed by atoms with Crippen LogP contribution in [0, 0.1) is 12.7 Å².